The molecule has 0 bridgehead atoms. The summed E-state index contributed by atoms with van der Waals surface area (Å²) in [6.45, 7) is 2.07. The van der Waals surface area contributed by atoms with Crippen LogP contribution in [-0.2, 0) is 11.2 Å². The first-order chi connectivity index (χ1) is 16.6. The van der Waals surface area contributed by atoms with Gasteiger partial charge in [-0.3, -0.25) is 4.79 Å². The molecule has 0 unspecified atom stereocenters. The first-order valence-electron chi connectivity index (χ1n) is 12.2. The van der Waals surface area contributed by atoms with Crippen LogP contribution in [0.15, 0.2) is 66.9 Å². The van der Waals surface area contributed by atoms with Crippen LogP contribution in [0.4, 0.5) is 0 Å². The van der Waals surface area contributed by atoms with E-state index in [0.717, 1.165) is 57.2 Å². The van der Waals surface area contributed by atoms with Crippen molar-refractivity contribution in [3.63, 3.8) is 0 Å². The molecule has 4 nitrogen and oxygen atoms in total. The van der Waals surface area contributed by atoms with Gasteiger partial charge in [0.25, 0.3) is 0 Å². The number of hydrogen-bond donors (Lipinski definition) is 1. The number of carbonyl (C=O) groups is 1. The Morgan fingerprint density at radius 3 is 2.59 bits per heavy atom. The van der Waals surface area contributed by atoms with Crippen LogP contribution in [0, 0.1) is 6.92 Å². The molecule has 0 spiro atoms. The first kappa shape index (κ1) is 22.7. The number of fused-ring (bicyclic) bond motifs is 1. The number of imidazole rings is 1. The molecule has 1 saturated carbocycles. The molecule has 1 amide bonds. The van der Waals surface area contributed by atoms with Crippen molar-refractivity contribution >= 4 is 23.2 Å². The van der Waals surface area contributed by atoms with Gasteiger partial charge in [0.15, 0.2) is 0 Å². The number of nitrogens with zero attached hydrogens (tertiary/aromatic N) is 2. The third-order valence-corrected chi connectivity index (χ3v) is 7.06. The zero-order valence-corrected chi connectivity index (χ0v) is 20.3. The van der Waals surface area contributed by atoms with Gasteiger partial charge >= 0.3 is 0 Å². The van der Waals surface area contributed by atoms with Crippen molar-refractivity contribution in [1.82, 2.24) is 14.7 Å². The van der Waals surface area contributed by atoms with Crippen LogP contribution < -0.4 is 5.32 Å². The minimum Gasteiger partial charge on any atom is -0.353 e. The molecular weight excluding hydrogens is 442 g/mol. The monoisotopic (exact) mass is 471 g/mol. The Balaban J connectivity index is 1.49. The minimum atomic E-state index is 0.130. The number of aromatic nitrogens is 2. The van der Waals surface area contributed by atoms with Crippen LogP contribution in [0.3, 0.4) is 0 Å². The lowest BCUT2D eigenvalue weighted by molar-refractivity contribution is -0.122. The number of aryl methyl sites for hydroxylation is 2. The summed E-state index contributed by atoms with van der Waals surface area (Å²) in [5.74, 6) is 0.130. The topological polar surface area (TPSA) is 46.4 Å². The van der Waals surface area contributed by atoms with E-state index >= 15 is 0 Å². The molecule has 1 N–H and O–H groups in total. The molecule has 1 aliphatic rings. The number of carbonyl (C=O) groups excluding carboxylic acids is 1. The third kappa shape index (κ3) is 4.88. The van der Waals surface area contributed by atoms with Crippen molar-refractivity contribution in [2.24, 2.45) is 0 Å². The van der Waals surface area contributed by atoms with Gasteiger partial charge in [0.2, 0.25) is 5.91 Å². The Bertz CT molecular complexity index is 1310. The fourth-order valence-electron chi connectivity index (χ4n) is 5.05. The second-order valence-corrected chi connectivity index (χ2v) is 9.72. The molecule has 2 aromatic carbocycles. The lowest BCUT2D eigenvalue weighted by Crippen LogP contribution is -2.36. The van der Waals surface area contributed by atoms with Gasteiger partial charge in [0.1, 0.15) is 5.65 Å². The van der Waals surface area contributed by atoms with Crippen LogP contribution in [0.5, 0.6) is 0 Å². The lowest BCUT2D eigenvalue weighted by Gasteiger charge is -2.22. The first-order valence-corrected chi connectivity index (χ1v) is 12.6. The average Bonchev–Trinajstić information content (AvgIpc) is 3.22. The number of halogens is 1. The van der Waals surface area contributed by atoms with E-state index < -0.39 is 0 Å². The number of pyridine rings is 1. The summed E-state index contributed by atoms with van der Waals surface area (Å²) in [5.41, 5.74) is 7.33. The van der Waals surface area contributed by atoms with Crippen molar-refractivity contribution < 1.29 is 4.79 Å². The molecule has 0 radical (unpaired) electrons. The standard InChI is InChI=1S/C29H30ClN3O/c1-20-18-23(30)13-14-25(20)22-12-16-27-32-29(21-8-4-2-5-9-21)26(33(27)19-22)15-17-28(34)31-24-10-6-3-7-11-24/h2,4-5,8-9,12-14,16,18-19,24H,3,6-7,10-11,15,17H2,1H3,(H,31,34). The summed E-state index contributed by atoms with van der Waals surface area (Å²) in [6, 6.07) is 20.7. The van der Waals surface area contributed by atoms with Gasteiger partial charge in [-0.25, -0.2) is 4.98 Å². The molecule has 1 fully saturated rings. The summed E-state index contributed by atoms with van der Waals surface area (Å²) >= 11 is 6.18. The molecule has 0 atom stereocenters. The molecule has 5 rings (SSSR count). The quantitative estimate of drug-likeness (QED) is 0.328. The highest BCUT2D eigenvalue weighted by Crippen LogP contribution is 2.30. The van der Waals surface area contributed by atoms with Crippen molar-refractivity contribution in [2.75, 3.05) is 0 Å². The highest BCUT2D eigenvalue weighted by Gasteiger charge is 2.19. The number of rotatable bonds is 6. The number of amides is 1. The number of nitrogens with one attached hydrogen (secondary N) is 1. The normalized spacial score (nSPS) is 14.4. The molecule has 4 aromatic rings. The lowest BCUT2D eigenvalue weighted by atomic mass is 9.95. The van der Waals surface area contributed by atoms with Gasteiger partial charge in [-0.15, -0.1) is 0 Å². The molecule has 0 saturated heterocycles. The molecule has 2 aromatic heterocycles. The molecule has 34 heavy (non-hydrogen) atoms. The van der Waals surface area contributed by atoms with Crippen LogP contribution >= 0.6 is 11.6 Å². The van der Waals surface area contributed by atoms with Crippen LogP contribution in [0.2, 0.25) is 5.02 Å². The van der Waals surface area contributed by atoms with E-state index in [1.807, 2.05) is 30.3 Å². The summed E-state index contributed by atoms with van der Waals surface area (Å²) in [4.78, 5) is 17.8. The van der Waals surface area contributed by atoms with Gasteiger partial charge < -0.3 is 9.72 Å². The summed E-state index contributed by atoms with van der Waals surface area (Å²) in [5, 5.41) is 3.99. The maximum absolute atomic E-state index is 12.8. The second kappa shape index (κ2) is 10.0. The van der Waals surface area contributed by atoms with Gasteiger partial charge in [-0.2, -0.15) is 0 Å². The van der Waals surface area contributed by atoms with E-state index in [1.165, 1.54) is 19.3 Å². The molecule has 1 aliphatic carbocycles. The molecule has 0 aliphatic heterocycles. The predicted octanol–water partition coefficient (Wildman–Crippen LogP) is 7.01. The van der Waals surface area contributed by atoms with Gasteiger partial charge in [-0.05, 0) is 67.1 Å². The van der Waals surface area contributed by atoms with E-state index in [-0.39, 0.29) is 5.91 Å². The predicted molar refractivity (Wildman–Crippen MR) is 139 cm³/mol. The third-order valence-electron chi connectivity index (χ3n) is 6.82. The van der Waals surface area contributed by atoms with Crippen molar-refractivity contribution in [3.8, 4) is 22.4 Å². The van der Waals surface area contributed by atoms with E-state index in [9.17, 15) is 4.79 Å². The Morgan fingerprint density at radius 2 is 1.82 bits per heavy atom. The zero-order chi connectivity index (χ0) is 23.5. The maximum atomic E-state index is 12.8. The Morgan fingerprint density at radius 1 is 1.03 bits per heavy atom. The van der Waals surface area contributed by atoms with E-state index in [1.54, 1.807) is 0 Å². The number of benzene rings is 2. The van der Waals surface area contributed by atoms with Crippen molar-refractivity contribution in [1.29, 1.82) is 0 Å². The molecule has 174 valence electrons. The highest BCUT2D eigenvalue weighted by atomic mass is 35.5. The van der Waals surface area contributed by atoms with Crippen molar-refractivity contribution in [3.05, 3.63) is 83.1 Å². The molecule has 2 heterocycles. The van der Waals surface area contributed by atoms with E-state index in [4.69, 9.17) is 16.6 Å². The fourth-order valence-corrected chi connectivity index (χ4v) is 5.28. The average molecular weight is 472 g/mol. The van der Waals surface area contributed by atoms with Gasteiger partial charge in [-0.1, -0.05) is 67.3 Å². The largest absolute Gasteiger partial charge is 0.353 e. The second-order valence-electron chi connectivity index (χ2n) is 9.28. The Kier molecular flexibility index (Phi) is 6.68. The van der Waals surface area contributed by atoms with E-state index in [2.05, 4.69) is 53.2 Å². The van der Waals surface area contributed by atoms with Gasteiger partial charge in [0, 0.05) is 29.2 Å². The minimum absolute atomic E-state index is 0.130. The number of hydrogen-bond acceptors (Lipinski definition) is 2. The summed E-state index contributed by atoms with van der Waals surface area (Å²) < 4.78 is 2.15. The van der Waals surface area contributed by atoms with Crippen LogP contribution in [0.1, 0.15) is 49.8 Å². The fraction of sp³-hybridized carbons (Fsp3) is 0.310. The SMILES string of the molecule is Cc1cc(Cl)ccc1-c1ccc2nc(-c3ccccc3)c(CCC(=O)NC3CCCCC3)n2c1. The van der Waals surface area contributed by atoms with Gasteiger partial charge in [0.05, 0.1) is 11.4 Å². The van der Waals surface area contributed by atoms with Crippen LogP contribution in [-0.4, -0.2) is 21.3 Å². The highest BCUT2D eigenvalue weighted by molar-refractivity contribution is 6.30. The van der Waals surface area contributed by atoms with Crippen molar-refractivity contribution in [2.45, 2.75) is 57.9 Å². The van der Waals surface area contributed by atoms with E-state index in [0.29, 0.717) is 18.9 Å². The summed E-state index contributed by atoms with van der Waals surface area (Å²) in [7, 11) is 0. The Hall–Kier alpha value is -3.11. The zero-order valence-electron chi connectivity index (χ0n) is 19.6. The molecule has 5 heteroatoms. The molecular formula is C29H30ClN3O. The maximum Gasteiger partial charge on any atom is 0.220 e. The smallest absolute Gasteiger partial charge is 0.220 e. The Labute approximate surface area is 206 Å². The summed E-state index contributed by atoms with van der Waals surface area (Å²) in [6.07, 6.45) is 9.12. The van der Waals surface area contributed by atoms with Crippen LogP contribution in [0.25, 0.3) is 28.0 Å².